The van der Waals surface area contributed by atoms with Crippen LogP contribution in [-0.4, -0.2) is 112 Å². The van der Waals surface area contributed by atoms with Crippen LogP contribution in [-0.2, 0) is 17.8 Å². The highest BCUT2D eigenvalue weighted by molar-refractivity contribution is 6.32. The van der Waals surface area contributed by atoms with Gasteiger partial charge >= 0.3 is 6.03 Å². The zero-order valence-corrected chi connectivity index (χ0v) is 36.4. The molecule has 0 atom stereocenters. The Labute approximate surface area is 371 Å². The number of nitrogens with zero attached hydrogens (tertiary/aromatic N) is 8. The molecule has 0 bridgehead atoms. The number of imidazole rings is 1. The number of rotatable bonds is 8. The number of likely N-dealkylation sites (tertiary alicyclic amines) is 2. The number of anilines is 4. The first kappa shape index (κ1) is 43.0. The molecule has 5 aliphatic rings. The van der Waals surface area contributed by atoms with E-state index < -0.39 is 41.5 Å². The number of aromatic nitrogens is 4. The summed E-state index contributed by atoms with van der Waals surface area (Å²) in [6.45, 7) is 1.97. The molecule has 15 nitrogen and oxygen atoms in total. The van der Waals surface area contributed by atoms with Crippen LogP contribution in [0.5, 0.6) is 0 Å². The van der Waals surface area contributed by atoms with Gasteiger partial charge in [-0.2, -0.15) is 0 Å². The Bertz CT molecular complexity index is 2720. The zero-order chi connectivity index (χ0) is 45.1. The van der Waals surface area contributed by atoms with Crippen LogP contribution >= 0.6 is 11.6 Å². The Hall–Kier alpha value is -6.27. The second-order valence-corrected chi connectivity index (χ2v) is 17.4. The number of alkyl halides is 2. The number of hydrogen-bond acceptors (Lipinski definition) is 10. The highest BCUT2D eigenvalue weighted by Crippen LogP contribution is 2.51. The summed E-state index contributed by atoms with van der Waals surface area (Å²) < 4.78 is 49.5. The topological polar surface area (TPSA) is 160 Å². The molecule has 3 N–H and O–H groups in total. The smallest absolute Gasteiger partial charge is 0.328 e. The van der Waals surface area contributed by atoms with Gasteiger partial charge in [-0.15, -0.1) is 5.10 Å². The summed E-state index contributed by atoms with van der Waals surface area (Å²) >= 11 is 6.45. The number of amides is 5. The molecule has 7 heterocycles. The number of benzene rings is 2. The molecule has 3 aromatic heterocycles. The maximum Gasteiger partial charge on any atom is 0.328 e. The number of carbonyl (C=O) groups is 4. The van der Waals surface area contributed by atoms with E-state index in [0.717, 1.165) is 16.2 Å². The Morgan fingerprint density at radius 3 is 2.38 bits per heavy atom. The van der Waals surface area contributed by atoms with Crippen LogP contribution in [0.3, 0.4) is 0 Å². The number of imide groups is 1. The zero-order valence-electron chi connectivity index (χ0n) is 35.6. The summed E-state index contributed by atoms with van der Waals surface area (Å²) in [5, 5.41) is 12.9. The van der Waals surface area contributed by atoms with Crippen molar-refractivity contribution >= 4 is 63.9 Å². The van der Waals surface area contributed by atoms with E-state index in [0.29, 0.717) is 52.5 Å². The average molecular weight is 898 g/mol. The van der Waals surface area contributed by atoms with Crippen molar-refractivity contribution in [2.75, 3.05) is 68.5 Å². The number of halogens is 4. The second-order valence-electron chi connectivity index (χ2n) is 17.0. The lowest BCUT2D eigenvalue weighted by atomic mass is 9.69. The molecule has 1 aliphatic carbocycles. The SMILES string of the molecule is C1CC1.CNC(=O)c1cnc2c(NC)cc(N3CCc4c(-c5ncc(CN6CC7(CCN(C(=O)c8cc(Cl)c(C)c(N9CCC(=O)NC9=O)c8)CC7(F)F)C6)cc5F)cccc43)nn12. The van der Waals surface area contributed by atoms with Crippen LogP contribution in [0.1, 0.15) is 69.6 Å². The summed E-state index contributed by atoms with van der Waals surface area (Å²) in [7, 11) is 3.30. The molecule has 4 aliphatic heterocycles. The molecule has 3 saturated heterocycles. The summed E-state index contributed by atoms with van der Waals surface area (Å²) in [6, 6.07) is 11.1. The number of nitrogens with one attached hydrogen (secondary N) is 3. The minimum atomic E-state index is -3.21. The van der Waals surface area contributed by atoms with Gasteiger partial charge < -0.3 is 20.4 Å². The summed E-state index contributed by atoms with van der Waals surface area (Å²) in [4.78, 5) is 65.6. The molecule has 334 valence electrons. The van der Waals surface area contributed by atoms with E-state index in [-0.39, 0.29) is 73.4 Å². The van der Waals surface area contributed by atoms with Gasteiger partial charge in [0, 0.05) is 93.9 Å². The fourth-order valence-corrected chi connectivity index (χ4v) is 9.23. The van der Waals surface area contributed by atoms with Gasteiger partial charge in [0.1, 0.15) is 11.5 Å². The van der Waals surface area contributed by atoms with E-state index in [1.165, 1.54) is 60.1 Å². The highest BCUT2D eigenvalue weighted by Gasteiger charge is 2.62. The lowest BCUT2D eigenvalue weighted by molar-refractivity contribution is -0.220. The second kappa shape index (κ2) is 16.7. The maximum absolute atomic E-state index is 16.0. The van der Waals surface area contributed by atoms with Crippen molar-refractivity contribution < 1.29 is 32.3 Å². The molecule has 10 rings (SSSR count). The predicted molar refractivity (Wildman–Crippen MR) is 235 cm³/mol. The van der Waals surface area contributed by atoms with Crippen molar-refractivity contribution in [2.24, 2.45) is 5.41 Å². The van der Waals surface area contributed by atoms with Crippen molar-refractivity contribution in [2.45, 2.75) is 57.9 Å². The van der Waals surface area contributed by atoms with E-state index in [9.17, 15) is 19.2 Å². The Kier molecular flexibility index (Phi) is 11.2. The molecular weight excluding hydrogens is 851 g/mol. The van der Waals surface area contributed by atoms with E-state index in [4.69, 9.17) is 16.7 Å². The van der Waals surface area contributed by atoms with Gasteiger partial charge in [-0.05, 0) is 60.7 Å². The Morgan fingerprint density at radius 2 is 1.69 bits per heavy atom. The largest absolute Gasteiger partial charge is 0.385 e. The van der Waals surface area contributed by atoms with Crippen molar-refractivity contribution in [3.05, 3.63) is 93.6 Å². The van der Waals surface area contributed by atoms with Crippen molar-refractivity contribution in [1.29, 1.82) is 0 Å². The first-order chi connectivity index (χ1) is 30.7. The molecule has 1 spiro atoms. The Balaban J connectivity index is 0.00000166. The van der Waals surface area contributed by atoms with E-state index >= 15 is 13.2 Å². The van der Waals surface area contributed by atoms with Gasteiger partial charge in [0.25, 0.3) is 17.7 Å². The lowest BCUT2D eigenvalue weighted by Gasteiger charge is -2.57. The monoisotopic (exact) mass is 897 g/mol. The number of piperidine rings is 1. The molecule has 2 aromatic carbocycles. The van der Waals surface area contributed by atoms with Gasteiger partial charge in [0.15, 0.2) is 17.2 Å². The van der Waals surface area contributed by atoms with E-state index in [1.54, 1.807) is 20.2 Å². The molecule has 64 heavy (non-hydrogen) atoms. The molecule has 5 amide bonds. The number of urea groups is 1. The standard InChI is InChI=1S/C42H41ClF3N11O4.C3H6/c1-23-28(43)14-25(15-32(23)56-11-8-35(58)51-40(56)61)39(60)54-12-9-41(42(45,46)22-54)20-53(21-41)19-24-13-29(44)36(49-17-24)27-5-4-6-31-26(27)7-10-55(31)34-16-30(47-2)37-50-18-33(38(59)48-3)57(37)52-34;1-2-3-1/h4-6,13-18,47H,7-12,19-22H2,1-3H3,(H,48,59)(H,51,58,61);1-3H2. The van der Waals surface area contributed by atoms with Crippen LogP contribution in [0, 0.1) is 18.2 Å². The Morgan fingerprint density at radius 1 is 0.922 bits per heavy atom. The molecule has 0 radical (unpaired) electrons. The van der Waals surface area contributed by atoms with Gasteiger partial charge in [-0.25, -0.2) is 27.5 Å². The number of carbonyl (C=O) groups excluding carboxylic acids is 4. The van der Waals surface area contributed by atoms with Crippen LogP contribution < -0.4 is 25.8 Å². The van der Waals surface area contributed by atoms with Gasteiger partial charge in [-0.3, -0.25) is 34.5 Å². The first-order valence-corrected chi connectivity index (χ1v) is 21.7. The van der Waals surface area contributed by atoms with Crippen LogP contribution in [0.2, 0.25) is 5.02 Å². The number of hydrogen-bond donors (Lipinski definition) is 3. The van der Waals surface area contributed by atoms with Crippen LogP contribution in [0.25, 0.3) is 16.9 Å². The third-order valence-corrected chi connectivity index (χ3v) is 13.1. The van der Waals surface area contributed by atoms with Gasteiger partial charge in [0.2, 0.25) is 5.91 Å². The minimum absolute atomic E-state index is 0.0597. The van der Waals surface area contributed by atoms with E-state index in [1.807, 2.05) is 34.1 Å². The molecule has 19 heteroatoms. The predicted octanol–water partition coefficient (Wildman–Crippen LogP) is 6.59. The average Bonchev–Trinajstić information content (AvgIpc) is 3.99. The molecule has 4 fully saturated rings. The number of pyridine rings is 1. The summed E-state index contributed by atoms with van der Waals surface area (Å²) in [6.07, 6.45) is 8.26. The van der Waals surface area contributed by atoms with E-state index in [2.05, 4.69) is 25.9 Å². The van der Waals surface area contributed by atoms with Crippen molar-refractivity contribution in [1.82, 2.24) is 40.0 Å². The summed E-state index contributed by atoms with van der Waals surface area (Å²) in [5.41, 5.74) is 4.09. The summed E-state index contributed by atoms with van der Waals surface area (Å²) in [5.74, 6) is -4.54. The fraction of sp³-hybridized carbons (Fsp3) is 0.400. The molecule has 1 saturated carbocycles. The normalized spacial score (nSPS) is 18.6. The molecule has 0 unspecified atom stereocenters. The molecule has 5 aromatic rings. The van der Waals surface area contributed by atoms with Gasteiger partial charge in [0.05, 0.1) is 29.5 Å². The van der Waals surface area contributed by atoms with Crippen molar-refractivity contribution in [3.63, 3.8) is 0 Å². The van der Waals surface area contributed by atoms with Gasteiger partial charge in [-0.1, -0.05) is 43.0 Å². The first-order valence-electron chi connectivity index (χ1n) is 21.3. The lowest BCUT2D eigenvalue weighted by Crippen LogP contribution is -2.70. The maximum atomic E-state index is 16.0. The van der Waals surface area contributed by atoms with Crippen LogP contribution in [0.4, 0.5) is 40.8 Å². The number of fused-ring (bicyclic) bond motifs is 2. The van der Waals surface area contributed by atoms with Crippen molar-refractivity contribution in [3.8, 4) is 11.3 Å². The third-order valence-electron chi connectivity index (χ3n) is 12.7. The third kappa shape index (κ3) is 7.75. The minimum Gasteiger partial charge on any atom is -0.385 e. The van der Waals surface area contributed by atoms with Crippen LogP contribution in [0.15, 0.2) is 54.9 Å². The quantitative estimate of drug-likeness (QED) is 0.155. The fourth-order valence-electron chi connectivity index (χ4n) is 9.02. The highest BCUT2D eigenvalue weighted by atomic mass is 35.5. The molecular formula is C45H47ClF3N11O4.